The van der Waals surface area contributed by atoms with E-state index in [1.54, 1.807) is 4.52 Å². The molecule has 2 heterocycles. The Morgan fingerprint density at radius 2 is 2.25 bits per heavy atom. The molecule has 2 aromatic rings. The normalized spacial score (nSPS) is 10.8. The second kappa shape index (κ2) is 2.55. The molecule has 0 aliphatic rings. The molecule has 2 rings (SSSR count). The topological polar surface area (TPSA) is 43.1 Å². The molecule has 12 heavy (non-hydrogen) atoms. The summed E-state index contributed by atoms with van der Waals surface area (Å²) in [5.74, 6) is 1.45. The van der Waals surface area contributed by atoms with Crippen LogP contribution in [0.2, 0.25) is 0 Å². The van der Waals surface area contributed by atoms with Gasteiger partial charge in [-0.05, 0) is 19.4 Å². The molecule has 4 heteroatoms. The first kappa shape index (κ1) is 7.21. The molecule has 0 radical (unpaired) electrons. The van der Waals surface area contributed by atoms with Crippen molar-refractivity contribution in [3.8, 4) is 0 Å². The van der Waals surface area contributed by atoms with E-state index in [4.69, 9.17) is 0 Å². The fraction of sp³-hybridized carbons (Fsp3) is 0.375. The molecule has 4 nitrogen and oxygen atoms in total. The summed E-state index contributed by atoms with van der Waals surface area (Å²) in [6.07, 6.45) is 2.82. The minimum absolute atomic E-state index is 0.687. The third-order valence-electron chi connectivity index (χ3n) is 1.73. The Labute approximate surface area is 70.3 Å². The molecule has 2 aromatic heterocycles. The average Bonchev–Trinajstić information content (AvgIpc) is 2.43. The number of aromatic nitrogens is 4. The van der Waals surface area contributed by atoms with Crippen molar-refractivity contribution in [1.82, 2.24) is 19.6 Å². The summed E-state index contributed by atoms with van der Waals surface area (Å²) in [4.78, 5) is 8.47. The van der Waals surface area contributed by atoms with E-state index in [0.29, 0.717) is 5.78 Å². The van der Waals surface area contributed by atoms with Gasteiger partial charge in [-0.2, -0.15) is 10.1 Å². The molecule has 0 atom stereocenters. The SMILES string of the molecule is CCc1ccn2nc(C)nc2n1. The van der Waals surface area contributed by atoms with Crippen LogP contribution in [0.15, 0.2) is 12.3 Å². The Morgan fingerprint density at radius 1 is 1.42 bits per heavy atom. The third kappa shape index (κ3) is 1.05. The van der Waals surface area contributed by atoms with Gasteiger partial charge >= 0.3 is 0 Å². The van der Waals surface area contributed by atoms with Crippen LogP contribution in [-0.4, -0.2) is 19.6 Å². The molecular formula is C8H10N4. The summed E-state index contributed by atoms with van der Waals surface area (Å²) in [5.41, 5.74) is 1.05. The molecule has 0 amide bonds. The summed E-state index contributed by atoms with van der Waals surface area (Å²) in [7, 11) is 0. The van der Waals surface area contributed by atoms with E-state index in [1.807, 2.05) is 19.2 Å². The van der Waals surface area contributed by atoms with Gasteiger partial charge < -0.3 is 0 Å². The largest absolute Gasteiger partial charge is 0.252 e. The van der Waals surface area contributed by atoms with Gasteiger partial charge in [0.15, 0.2) is 0 Å². The highest BCUT2D eigenvalue weighted by molar-refractivity contribution is 5.27. The quantitative estimate of drug-likeness (QED) is 0.628. The minimum atomic E-state index is 0.687. The van der Waals surface area contributed by atoms with Crippen molar-refractivity contribution in [3.63, 3.8) is 0 Å². The molecular weight excluding hydrogens is 152 g/mol. The van der Waals surface area contributed by atoms with E-state index >= 15 is 0 Å². The first-order valence-electron chi connectivity index (χ1n) is 3.98. The summed E-state index contributed by atoms with van der Waals surface area (Å²) >= 11 is 0. The lowest BCUT2D eigenvalue weighted by atomic mass is 10.3. The fourth-order valence-electron chi connectivity index (χ4n) is 1.11. The average molecular weight is 162 g/mol. The minimum Gasteiger partial charge on any atom is -0.216 e. The molecule has 0 saturated carbocycles. The lowest BCUT2D eigenvalue weighted by Crippen LogP contribution is -1.93. The van der Waals surface area contributed by atoms with Crippen LogP contribution in [0.25, 0.3) is 5.78 Å². The number of fused-ring (bicyclic) bond motifs is 1. The second-order valence-corrected chi connectivity index (χ2v) is 2.68. The lowest BCUT2D eigenvalue weighted by Gasteiger charge is -1.93. The zero-order chi connectivity index (χ0) is 8.55. The van der Waals surface area contributed by atoms with E-state index in [9.17, 15) is 0 Å². The monoisotopic (exact) mass is 162 g/mol. The second-order valence-electron chi connectivity index (χ2n) is 2.68. The van der Waals surface area contributed by atoms with Gasteiger partial charge in [-0.1, -0.05) is 6.92 Å². The van der Waals surface area contributed by atoms with E-state index in [0.717, 1.165) is 17.9 Å². The number of rotatable bonds is 1. The highest BCUT2D eigenvalue weighted by Crippen LogP contribution is 2.00. The molecule has 0 bridgehead atoms. The van der Waals surface area contributed by atoms with Crippen molar-refractivity contribution >= 4 is 5.78 Å². The Bertz CT molecular complexity index is 404. The van der Waals surface area contributed by atoms with Crippen molar-refractivity contribution in [3.05, 3.63) is 23.8 Å². The summed E-state index contributed by atoms with van der Waals surface area (Å²) < 4.78 is 1.69. The Balaban J connectivity index is 2.66. The molecule has 0 spiro atoms. The number of hydrogen-bond donors (Lipinski definition) is 0. The van der Waals surface area contributed by atoms with Crippen LogP contribution in [0.1, 0.15) is 18.4 Å². The zero-order valence-corrected chi connectivity index (χ0v) is 7.15. The third-order valence-corrected chi connectivity index (χ3v) is 1.73. The maximum absolute atomic E-state index is 4.30. The van der Waals surface area contributed by atoms with Gasteiger partial charge in [0.05, 0.1) is 0 Å². The van der Waals surface area contributed by atoms with Gasteiger partial charge in [-0.3, -0.25) is 0 Å². The summed E-state index contributed by atoms with van der Waals surface area (Å²) in [5, 5.41) is 4.13. The van der Waals surface area contributed by atoms with E-state index in [1.165, 1.54) is 0 Å². The summed E-state index contributed by atoms with van der Waals surface area (Å²) in [6, 6.07) is 1.96. The molecule has 0 aliphatic heterocycles. The Kier molecular flexibility index (Phi) is 1.53. The summed E-state index contributed by atoms with van der Waals surface area (Å²) in [6.45, 7) is 3.93. The van der Waals surface area contributed by atoms with Gasteiger partial charge in [-0.15, -0.1) is 0 Å². The maximum Gasteiger partial charge on any atom is 0.252 e. The van der Waals surface area contributed by atoms with Gasteiger partial charge in [0.25, 0.3) is 5.78 Å². The van der Waals surface area contributed by atoms with Crippen LogP contribution in [0.5, 0.6) is 0 Å². The fourth-order valence-corrected chi connectivity index (χ4v) is 1.11. The van der Waals surface area contributed by atoms with Crippen LogP contribution in [0, 0.1) is 6.92 Å². The van der Waals surface area contributed by atoms with Gasteiger partial charge in [-0.25, -0.2) is 9.50 Å². The van der Waals surface area contributed by atoms with E-state index < -0.39 is 0 Å². The molecule has 62 valence electrons. The van der Waals surface area contributed by atoms with Crippen LogP contribution in [-0.2, 0) is 6.42 Å². The molecule has 0 aromatic carbocycles. The van der Waals surface area contributed by atoms with Crippen molar-refractivity contribution in [2.24, 2.45) is 0 Å². The highest BCUT2D eigenvalue weighted by atomic mass is 15.3. The highest BCUT2D eigenvalue weighted by Gasteiger charge is 1.99. The van der Waals surface area contributed by atoms with Crippen LogP contribution >= 0.6 is 0 Å². The van der Waals surface area contributed by atoms with Crippen molar-refractivity contribution in [2.45, 2.75) is 20.3 Å². The first-order chi connectivity index (χ1) is 5.79. The van der Waals surface area contributed by atoms with E-state index in [-0.39, 0.29) is 0 Å². The number of nitrogens with zero attached hydrogens (tertiary/aromatic N) is 4. The Hall–Kier alpha value is -1.45. The number of aryl methyl sites for hydroxylation is 2. The maximum atomic E-state index is 4.30. The van der Waals surface area contributed by atoms with Gasteiger partial charge in [0.2, 0.25) is 0 Å². The van der Waals surface area contributed by atoms with Crippen molar-refractivity contribution in [2.75, 3.05) is 0 Å². The van der Waals surface area contributed by atoms with Gasteiger partial charge in [0.1, 0.15) is 5.82 Å². The molecule has 0 fully saturated rings. The standard InChI is InChI=1S/C8H10N4/c1-3-7-4-5-12-8(10-7)9-6(2)11-12/h4-5H,3H2,1-2H3. The molecule has 0 N–H and O–H groups in total. The van der Waals surface area contributed by atoms with E-state index in [2.05, 4.69) is 22.0 Å². The first-order valence-corrected chi connectivity index (χ1v) is 3.98. The Morgan fingerprint density at radius 3 is 3.00 bits per heavy atom. The van der Waals surface area contributed by atoms with Gasteiger partial charge in [0, 0.05) is 11.9 Å². The molecule has 0 aliphatic carbocycles. The molecule has 0 saturated heterocycles. The predicted octanol–water partition coefficient (Wildman–Crippen LogP) is 0.995. The van der Waals surface area contributed by atoms with Crippen LogP contribution in [0.4, 0.5) is 0 Å². The zero-order valence-electron chi connectivity index (χ0n) is 7.15. The predicted molar refractivity (Wildman–Crippen MR) is 44.9 cm³/mol. The lowest BCUT2D eigenvalue weighted by molar-refractivity contribution is 0.896. The molecule has 0 unspecified atom stereocenters. The number of hydrogen-bond acceptors (Lipinski definition) is 3. The van der Waals surface area contributed by atoms with Crippen molar-refractivity contribution in [1.29, 1.82) is 0 Å². The smallest absolute Gasteiger partial charge is 0.216 e. The van der Waals surface area contributed by atoms with Crippen LogP contribution in [0.3, 0.4) is 0 Å². The van der Waals surface area contributed by atoms with Crippen LogP contribution < -0.4 is 0 Å². The van der Waals surface area contributed by atoms with Crippen molar-refractivity contribution < 1.29 is 0 Å².